The molecule has 2 aromatic carbocycles. The number of carbonyl (C=O) groups is 1. The van der Waals surface area contributed by atoms with Crippen molar-refractivity contribution in [3.63, 3.8) is 0 Å². The molecular formula is C14H11ClO4. The minimum atomic E-state index is -1.10. The molecule has 2 aromatic rings. The lowest BCUT2D eigenvalue weighted by atomic mass is 10.2. The summed E-state index contributed by atoms with van der Waals surface area (Å²) in [6.45, 7) is 0. The first kappa shape index (κ1) is 13.2. The van der Waals surface area contributed by atoms with Crippen molar-refractivity contribution < 1.29 is 19.4 Å². The first-order valence-electron chi connectivity index (χ1n) is 5.45. The summed E-state index contributed by atoms with van der Waals surface area (Å²) in [7, 11) is 1.52. The van der Waals surface area contributed by atoms with Gasteiger partial charge < -0.3 is 14.6 Å². The molecule has 4 nitrogen and oxygen atoms in total. The van der Waals surface area contributed by atoms with Crippen molar-refractivity contribution in [2.75, 3.05) is 7.11 Å². The second-order valence-electron chi connectivity index (χ2n) is 3.70. The standard InChI is InChI=1S/C14H11ClO4/c1-18-12-4-2-3-5-13(12)19-11-7-6-9(15)8-10(11)14(16)17/h2-8H,1H3,(H,16,17). The average Bonchev–Trinajstić information content (AvgIpc) is 2.41. The number of aromatic carboxylic acids is 1. The first-order valence-corrected chi connectivity index (χ1v) is 5.83. The minimum Gasteiger partial charge on any atom is -0.493 e. The van der Waals surface area contributed by atoms with Crippen molar-refractivity contribution >= 4 is 17.6 Å². The van der Waals surface area contributed by atoms with E-state index < -0.39 is 5.97 Å². The number of carboxylic acids is 1. The van der Waals surface area contributed by atoms with E-state index in [0.717, 1.165) is 0 Å². The molecule has 19 heavy (non-hydrogen) atoms. The van der Waals surface area contributed by atoms with Crippen molar-refractivity contribution in [3.8, 4) is 17.2 Å². The van der Waals surface area contributed by atoms with E-state index in [4.69, 9.17) is 26.2 Å². The number of halogens is 1. The SMILES string of the molecule is COc1ccccc1Oc1ccc(Cl)cc1C(=O)O. The lowest BCUT2D eigenvalue weighted by molar-refractivity contribution is 0.0694. The summed E-state index contributed by atoms with van der Waals surface area (Å²) in [6.07, 6.45) is 0. The fraction of sp³-hybridized carbons (Fsp3) is 0.0714. The predicted molar refractivity (Wildman–Crippen MR) is 71.5 cm³/mol. The third kappa shape index (κ3) is 2.98. The number of methoxy groups -OCH3 is 1. The Morgan fingerprint density at radius 1 is 1.11 bits per heavy atom. The van der Waals surface area contributed by atoms with Crippen molar-refractivity contribution in [1.29, 1.82) is 0 Å². The van der Waals surface area contributed by atoms with Crippen LogP contribution in [0.1, 0.15) is 10.4 Å². The second kappa shape index (κ2) is 5.63. The highest BCUT2D eigenvalue weighted by Crippen LogP contribution is 2.33. The maximum absolute atomic E-state index is 11.1. The lowest BCUT2D eigenvalue weighted by Crippen LogP contribution is -2.00. The molecule has 0 unspecified atom stereocenters. The zero-order valence-electron chi connectivity index (χ0n) is 10.1. The largest absolute Gasteiger partial charge is 0.493 e. The van der Waals surface area contributed by atoms with E-state index in [9.17, 15) is 4.79 Å². The van der Waals surface area contributed by atoms with Gasteiger partial charge in [0.05, 0.1) is 7.11 Å². The van der Waals surface area contributed by atoms with Crippen LogP contribution in [-0.2, 0) is 0 Å². The van der Waals surface area contributed by atoms with Crippen LogP contribution in [0.5, 0.6) is 17.2 Å². The Morgan fingerprint density at radius 3 is 2.42 bits per heavy atom. The van der Waals surface area contributed by atoms with Gasteiger partial charge in [-0.25, -0.2) is 4.79 Å². The molecule has 0 spiro atoms. The molecule has 0 fully saturated rings. The summed E-state index contributed by atoms with van der Waals surface area (Å²) in [5, 5.41) is 9.46. The van der Waals surface area contributed by atoms with Crippen LogP contribution in [0.25, 0.3) is 0 Å². The molecule has 98 valence electrons. The predicted octanol–water partition coefficient (Wildman–Crippen LogP) is 3.84. The summed E-state index contributed by atoms with van der Waals surface area (Å²) in [4.78, 5) is 11.1. The first-order chi connectivity index (χ1) is 9.11. The van der Waals surface area contributed by atoms with Crippen molar-refractivity contribution in [1.82, 2.24) is 0 Å². The summed E-state index contributed by atoms with van der Waals surface area (Å²) >= 11 is 5.78. The number of para-hydroxylation sites is 2. The molecule has 0 radical (unpaired) electrons. The van der Waals surface area contributed by atoms with E-state index in [0.29, 0.717) is 16.5 Å². The van der Waals surface area contributed by atoms with Crippen molar-refractivity contribution in [2.24, 2.45) is 0 Å². The van der Waals surface area contributed by atoms with E-state index in [-0.39, 0.29) is 11.3 Å². The number of carboxylic acid groups (broad SMARTS) is 1. The molecule has 0 saturated heterocycles. The monoisotopic (exact) mass is 278 g/mol. The molecule has 0 amide bonds. The molecular weight excluding hydrogens is 268 g/mol. The van der Waals surface area contributed by atoms with Gasteiger partial charge in [-0.1, -0.05) is 23.7 Å². The van der Waals surface area contributed by atoms with Crippen LogP contribution in [0.3, 0.4) is 0 Å². The molecule has 0 saturated carbocycles. The smallest absolute Gasteiger partial charge is 0.339 e. The zero-order chi connectivity index (χ0) is 13.8. The van der Waals surface area contributed by atoms with Crippen LogP contribution in [-0.4, -0.2) is 18.2 Å². The van der Waals surface area contributed by atoms with Gasteiger partial charge in [-0.2, -0.15) is 0 Å². The lowest BCUT2D eigenvalue weighted by Gasteiger charge is -2.11. The Morgan fingerprint density at radius 2 is 1.79 bits per heavy atom. The molecule has 2 rings (SSSR count). The van der Waals surface area contributed by atoms with Crippen LogP contribution >= 0.6 is 11.6 Å². The van der Waals surface area contributed by atoms with Crippen LogP contribution in [0.15, 0.2) is 42.5 Å². The summed E-state index contributed by atoms with van der Waals surface area (Å²) < 4.78 is 10.7. The molecule has 0 aromatic heterocycles. The number of hydrogen-bond donors (Lipinski definition) is 1. The van der Waals surface area contributed by atoms with Crippen LogP contribution < -0.4 is 9.47 Å². The summed E-state index contributed by atoms with van der Waals surface area (Å²) in [5.41, 5.74) is -0.00148. The molecule has 1 N–H and O–H groups in total. The van der Waals surface area contributed by atoms with Crippen LogP contribution in [0.4, 0.5) is 0 Å². The van der Waals surface area contributed by atoms with E-state index >= 15 is 0 Å². The molecule has 0 heterocycles. The maximum Gasteiger partial charge on any atom is 0.339 e. The fourth-order valence-electron chi connectivity index (χ4n) is 1.58. The normalized spacial score (nSPS) is 10.0. The van der Waals surface area contributed by atoms with E-state index in [1.165, 1.54) is 19.2 Å². The van der Waals surface area contributed by atoms with Crippen molar-refractivity contribution in [2.45, 2.75) is 0 Å². The zero-order valence-corrected chi connectivity index (χ0v) is 10.8. The summed E-state index contributed by atoms with van der Waals surface area (Å²) in [5.74, 6) is 0.0670. The Labute approximate surface area is 115 Å². The Kier molecular flexibility index (Phi) is 3.92. The van der Waals surface area contributed by atoms with Gasteiger partial charge in [0.15, 0.2) is 11.5 Å². The van der Waals surface area contributed by atoms with Gasteiger partial charge in [-0.15, -0.1) is 0 Å². The van der Waals surface area contributed by atoms with Gasteiger partial charge in [0.1, 0.15) is 11.3 Å². The third-order valence-corrected chi connectivity index (χ3v) is 2.70. The van der Waals surface area contributed by atoms with Crippen molar-refractivity contribution in [3.05, 3.63) is 53.1 Å². The maximum atomic E-state index is 11.1. The van der Waals surface area contributed by atoms with E-state index in [1.807, 2.05) is 0 Å². The molecule has 0 aliphatic heterocycles. The quantitative estimate of drug-likeness (QED) is 0.923. The molecule has 0 bridgehead atoms. The van der Waals surface area contributed by atoms with Gasteiger partial charge in [0.25, 0.3) is 0 Å². The van der Waals surface area contributed by atoms with E-state index in [2.05, 4.69) is 0 Å². The van der Waals surface area contributed by atoms with Crippen LogP contribution in [0.2, 0.25) is 5.02 Å². The van der Waals surface area contributed by atoms with Crippen LogP contribution in [0, 0.1) is 0 Å². The minimum absolute atomic E-state index is 0.00148. The third-order valence-electron chi connectivity index (χ3n) is 2.46. The Balaban J connectivity index is 2.41. The highest BCUT2D eigenvalue weighted by atomic mass is 35.5. The van der Waals surface area contributed by atoms with Gasteiger partial charge >= 0.3 is 5.97 Å². The number of benzene rings is 2. The number of hydrogen-bond acceptors (Lipinski definition) is 3. The highest BCUT2D eigenvalue weighted by Gasteiger charge is 2.14. The number of rotatable bonds is 4. The van der Waals surface area contributed by atoms with E-state index in [1.54, 1.807) is 30.3 Å². The molecule has 5 heteroatoms. The fourth-order valence-corrected chi connectivity index (χ4v) is 1.75. The second-order valence-corrected chi connectivity index (χ2v) is 4.13. The van der Waals surface area contributed by atoms with Gasteiger partial charge in [-0.3, -0.25) is 0 Å². The molecule has 0 atom stereocenters. The number of ether oxygens (including phenoxy) is 2. The Hall–Kier alpha value is -2.20. The van der Waals surface area contributed by atoms with Gasteiger partial charge in [0, 0.05) is 5.02 Å². The summed E-state index contributed by atoms with van der Waals surface area (Å²) in [6, 6.07) is 11.4. The Bertz CT molecular complexity index is 610. The molecule has 0 aliphatic rings. The average molecular weight is 279 g/mol. The van der Waals surface area contributed by atoms with Gasteiger partial charge in [-0.05, 0) is 30.3 Å². The highest BCUT2D eigenvalue weighted by molar-refractivity contribution is 6.31. The topological polar surface area (TPSA) is 55.8 Å². The van der Waals surface area contributed by atoms with Gasteiger partial charge in [0.2, 0.25) is 0 Å². The molecule has 0 aliphatic carbocycles.